The minimum atomic E-state index is -4.78. The molecule has 3 unspecified atom stereocenters. The second kappa shape index (κ2) is 8.18. The summed E-state index contributed by atoms with van der Waals surface area (Å²) in [6.45, 7) is 7.57. The maximum absolute atomic E-state index is 12.7. The second-order valence-electron chi connectivity index (χ2n) is 7.48. The molecule has 0 spiro atoms. The van der Waals surface area contributed by atoms with Crippen LogP contribution < -0.4 is 0 Å². The zero-order valence-electron chi connectivity index (χ0n) is 15.8. The van der Waals surface area contributed by atoms with E-state index < -0.39 is 36.1 Å². The molecule has 3 atom stereocenters. The van der Waals surface area contributed by atoms with E-state index in [1.54, 1.807) is 13.0 Å². The molecule has 2 aliphatic rings. The van der Waals surface area contributed by atoms with Crippen LogP contribution in [-0.4, -0.2) is 71.5 Å². The van der Waals surface area contributed by atoms with Crippen molar-refractivity contribution in [2.75, 3.05) is 26.3 Å². The number of ether oxygens (including phenoxy) is 1. The molecule has 0 radical (unpaired) electrons. The van der Waals surface area contributed by atoms with Gasteiger partial charge < -0.3 is 19.8 Å². The van der Waals surface area contributed by atoms with Crippen molar-refractivity contribution in [2.24, 2.45) is 16.3 Å². The Hall–Kier alpha value is -1.61. The number of carbonyl (C=O) groups is 1. The lowest BCUT2D eigenvalue weighted by Crippen LogP contribution is -2.51. The quantitative estimate of drug-likeness (QED) is 0.751. The molecule has 2 aliphatic heterocycles. The fraction of sp³-hybridized carbons (Fsp3) is 0.778. The summed E-state index contributed by atoms with van der Waals surface area (Å²) in [5.41, 5.74) is -1.12. The molecule has 2 N–H and O–H groups in total. The first-order valence-electron chi connectivity index (χ1n) is 9.07. The fourth-order valence-electron chi connectivity index (χ4n) is 3.80. The summed E-state index contributed by atoms with van der Waals surface area (Å²) < 4.78 is 43.5. The van der Waals surface area contributed by atoms with Crippen LogP contribution in [0.4, 0.5) is 13.2 Å². The zero-order chi connectivity index (χ0) is 20.4. The number of aliphatic imine (C=N–C) groups is 1. The average Bonchev–Trinajstić information content (AvgIpc) is 2.59. The third-order valence-electron chi connectivity index (χ3n) is 5.36. The summed E-state index contributed by atoms with van der Waals surface area (Å²) in [6, 6.07) is -0.724. The summed E-state index contributed by atoms with van der Waals surface area (Å²) in [6.07, 6.45) is -6.71. The highest BCUT2D eigenvalue weighted by molar-refractivity contribution is 5.97. The van der Waals surface area contributed by atoms with Crippen molar-refractivity contribution in [1.82, 2.24) is 4.90 Å². The number of aliphatic carboxylic acids is 1. The van der Waals surface area contributed by atoms with Crippen LogP contribution in [0.15, 0.2) is 16.6 Å². The summed E-state index contributed by atoms with van der Waals surface area (Å²) in [5.74, 6) is -0.777. The molecule has 0 saturated carbocycles. The molecule has 0 aromatic carbocycles. The summed E-state index contributed by atoms with van der Waals surface area (Å²) in [7, 11) is 0. The molecule has 0 aromatic heterocycles. The molecule has 154 valence electrons. The summed E-state index contributed by atoms with van der Waals surface area (Å²) in [4.78, 5) is 18.9. The van der Waals surface area contributed by atoms with Crippen LogP contribution in [0.3, 0.4) is 0 Å². The molecule has 2 heterocycles. The molecule has 1 saturated heterocycles. The van der Waals surface area contributed by atoms with Gasteiger partial charge in [0, 0.05) is 13.1 Å². The number of aliphatic hydroxyl groups is 1. The number of carboxylic acids is 1. The molecule has 0 bridgehead atoms. The van der Waals surface area contributed by atoms with Crippen molar-refractivity contribution < 1.29 is 32.9 Å². The Labute approximate surface area is 156 Å². The fourth-order valence-corrected chi connectivity index (χ4v) is 3.80. The van der Waals surface area contributed by atoms with Gasteiger partial charge in [0.2, 0.25) is 0 Å². The number of hydrogen-bond donors (Lipinski definition) is 2. The van der Waals surface area contributed by atoms with Gasteiger partial charge in [-0.2, -0.15) is 13.2 Å². The Morgan fingerprint density at radius 1 is 1.41 bits per heavy atom. The smallest absolute Gasteiger partial charge is 0.414 e. The van der Waals surface area contributed by atoms with E-state index in [0.29, 0.717) is 37.7 Å². The lowest BCUT2D eigenvalue weighted by molar-refractivity contribution is -0.207. The van der Waals surface area contributed by atoms with Crippen LogP contribution in [0, 0.1) is 11.3 Å². The van der Waals surface area contributed by atoms with Gasteiger partial charge in [0.15, 0.2) is 0 Å². The Kier molecular flexibility index (Phi) is 6.57. The Morgan fingerprint density at radius 3 is 2.48 bits per heavy atom. The Morgan fingerprint density at radius 2 is 2.00 bits per heavy atom. The van der Waals surface area contributed by atoms with Crippen LogP contribution in [0.2, 0.25) is 0 Å². The third-order valence-corrected chi connectivity index (χ3v) is 5.36. The highest BCUT2D eigenvalue weighted by Gasteiger charge is 2.52. The first-order valence-corrected chi connectivity index (χ1v) is 9.07. The van der Waals surface area contributed by atoms with Gasteiger partial charge in [-0.25, -0.2) is 0 Å². The number of morpholine rings is 1. The maximum atomic E-state index is 12.7. The number of halogens is 3. The SMILES string of the molecule is CC1=CC(N2CCOCC2)=NC(C(C)C)C1(CCC(O)C(F)(F)F)C(=O)O. The highest BCUT2D eigenvalue weighted by atomic mass is 19.4. The van der Waals surface area contributed by atoms with Gasteiger partial charge >= 0.3 is 12.1 Å². The Balaban J connectivity index is 2.36. The topological polar surface area (TPSA) is 82.4 Å². The maximum Gasteiger partial charge on any atom is 0.414 e. The van der Waals surface area contributed by atoms with Crippen molar-refractivity contribution >= 4 is 11.8 Å². The number of alkyl halides is 3. The van der Waals surface area contributed by atoms with Crippen LogP contribution in [0.25, 0.3) is 0 Å². The highest BCUT2D eigenvalue weighted by Crippen LogP contribution is 2.45. The lowest BCUT2D eigenvalue weighted by atomic mass is 9.66. The van der Waals surface area contributed by atoms with E-state index in [1.807, 2.05) is 18.7 Å². The van der Waals surface area contributed by atoms with E-state index in [0.717, 1.165) is 0 Å². The van der Waals surface area contributed by atoms with Crippen LogP contribution in [0.5, 0.6) is 0 Å². The molecule has 6 nitrogen and oxygen atoms in total. The molecule has 2 rings (SSSR count). The van der Waals surface area contributed by atoms with Crippen molar-refractivity contribution in [3.05, 3.63) is 11.6 Å². The van der Waals surface area contributed by atoms with Crippen molar-refractivity contribution in [3.63, 3.8) is 0 Å². The van der Waals surface area contributed by atoms with Crippen LogP contribution in [-0.2, 0) is 9.53 Å². The second-order valence-corrected chi connectivity index (χ2v) is 7.48. The number of amidine groups is 1. The van der Waals surface area contributed by atoms with E-state index in [1.165, 1.54) is 0 Å². The minimum absolute atomic E-state index is 0.205. The number of nitrogens with zero attached hydrogens (tertiary/aromatic N) is 2. The number of carboxylic acid groups (broad SMARTS) is 1. The van der Waals surface area contributed by atoms with Crippen LogP contribution in [0.1, 0.15) is 33.6 Å². The molecule has 0 amide bonds. The van der Waals surface area contributed by atoms with Gasteiger partial charge in [-0.1, -0.05) is 19.4 Å². The van der Waals surface area contributed by atoms with Gasteiger partial charge in [0.25, 0.3) is 0 Å². The van der Waals surface area contributed by atoms with Crippen molar-refractivity contribution in [1.29, 1.82) is 0 Å². The van der Waals surface area contributed by atoms with E-state index >= 15 is 0 Å². The Bertz CT molecular complexity index is 612. The zero-order valence-corrected chi connectivity index (χ0v) is 15.8. The largest absolute Gasteiger partial charge is 0.481 e. The van der Waals surface area contributed by atoms with Crippen molar-refractivity contribution in [3.8, 4) is 0 Å². The van der Waals surface area contributed by atoms with Gasteiger partial charge in [-0.15, -0.1) is 0 Å². The third kappa shape index (κ3) is 4.45. The summed E-state index contributed by atoms with van der Waals surface area (Å²) >= 11 is 0. The predicted molar refractivity (Wildman–Crippen MR) is 93.6 cm³/mol. The van der Waals surface area contributed by atoms with Gasteiger partial charge in [-0.3, -0.25) is 9.79 Å². The minimum Gasteiger partial charge on any atom is -0.481 e. The molecule has 0 aromatic rings. The normalized spacial score (nSPS) is 28.0. The molecular weight excluding hydrogens is 365 g/mol. The average molecular weight is 392 g/mol. The van der Waals surface area contributed by atoms with Crippen molar-refractivity contribution in [2.45, 2.75) is 51.9 Å². The van der Waals surface area contributed by atoms with E-state index in [9.17, 15) is 28.2 Å². The molecule has 0 aliphatic carbocycles. The number of dihydropyridines is 1. The standard InChI is InChI=1S/C18H27F3N2O4/c1-11(2)15-17(16(25)26,5-4-13(24)18(19,20)21)12(3)10-14(22-15)23-6-8-27-9-7-23/h10-11,13,15,24H,4-9H2,1-3H3,(H,25,26). The van der Waals surface area contributed by atoms with E-state index in [-0.39, 0.29) is 12.3 Å². The van der Waals surface area contributed by atoms with Crippen LogP contribution >= 0.6 is 0 Å². The number of hydrogen-bond acceptors (Lipinski definition) is 5. The van der Waals surface area contributed by atoms with Gasteiger partial charge in [-0.05, 0) is 31.8 Å². The first kappa shape index (κ1) is 21.7. The lowest BCUT2D eigenvalue weighted by Gasteiger charge is -2.43. The number of aliphatic hydroxyl groups excluding tert-OH is 1. The van der Waals surface area contributed by atoms with E-state index in [2.05, 4.69) is 4.99 Å². The summed E-state index contributed by atoms with van der Waals surface area (Å²) in [5, 5.41) is 19.4. The molecule has 27 heavy (non-hydrogen) atoms. The molecule has 9 heteroatoms. The van der Waals surface area contributed by atoms with Gasteiger partial charge in [0.05, 0.1) is 19.3 Å². The molecular formula is C18H27F3N2O4. The monoisotopic (exact) mass is 392 g/mol. The predicted octanol–water partition coefficient (Wildman–Crippen LogP) is 2.48. The van der Waals surface area contributed by atoms with E-state index in [4.69, 9.17) is 4.74 Å². The van der Waals surface area contributed by atoms with Gasteiger partial charge in [0.1, 0.15) is 17.4 Å². The molecule has 1 fully saturated rings. The first-order chi connectivity index (χ1) is 12.5. The number of rotatable bonds is 5.